The van der Waals surface area contributed by atoms with Gasteiger partial charge < -0.3 is 15.0 Å². The number of hydrogen-bond donors (Lipinski definition) is 1. The van der Waals surface area contributed by atoms with Crippen molar-refractivity contribution in [3.8, 4) is 6.01 Å². The fraction of sp³-hybridized carbons (Fsp3) is 0.368. The first-order valence-corrected chi connectivity index (χ1v) is 9.01. The van der Waals surface area contributed by atoms with Gasteiger partial charge in [-0.05, 0) is 31.0 Å². The molecule has 0 spiro atoms. The molecule has 1 unspecified atom stereocenters. The average Bonchev–Trinajstić information content (AvgIpc) is 2.72. The van der Waals surface area contributed by atoms with Crippen molar-refractivity contribution < 1.29 is 27.5 Å². The van der Waals surface area contributed by atoms with Crippen molar-refractivity contribution in [2.75, 3.05) is 19.6 Å². The summed E-state index contributed by atoms with van der Waals surface area (Å²) in [4.78, 5) is 33.0. The van der Waals surface area contributed by atoms with Crippen LogP contribution in [0.1, 0.15) is 28.9 Å². The maximum Gasteiger partial charge on any atom is 0.433 e. The summed E-state index contributed by atoms with van der Waals surface area (Å²) in [5.41, 5.74) is -0.642. The normalized spacial score (nSPS) is 16.9. The second kappa shape index (κ2) is 8.89. The molecule has 7 nitrogen and oxygen atoms in total. The topological polar surface area (TPSA) is 84.4 Å². The van der Waals surface area contributed by atoms with Crippen LogP contribution >= 0.6 is 0 Å². The highest BCUT2D eigenvalue weighted by molar-refractivity contribution is 5.96. The van der Waals surface area contributed by atoms with Gasteiger partial charge in [0, 0.05) is 18.3 Å². The maximum absolute atomic E-state index is 12.8. The van der Waals surface area contributed by atoms with Crippen molar-refractivity contribution in [1.29, 1.82) is 0 Å². The highest BCUT2D eigenvalue weighted by atomic mass is 19.4. The molecule has 1 atom stereocenters. The monoisotopic (exact) mass is 408 g/mol. The van der Waals surface area contributed by atoms with Crippen molar-refractivity contribution in [2.45, 2.75) is 25.1 Å². The van der Waals surface area contributed by atoms with Crippen molar-refractivity contribution in [2.24, 2.45) is 0 Å². The summed E-state index contributed by atoms with van der Waals surface area (Å²) in [5, 5.41) is 2.56. The molecule has 0 radical (unpaired) electrons. The molecule has 1 N–H and O–H groups in total. The third kappa shape index (κ3) is 5.66. The summed E-state index contributed by atoms with van der Waals surface area (Å²) in [6.45, 7) is 0.476. The molecule has 1 aliphatic rings. The molecular formula is C19H19F3N4O3. The summed E-state index contributed by atoms with van der Waals surface area (Å²) in [6, 6.07) is 8.89. The first-order chi connectivity index (χ1) is 13.8. The molecular weight excluding hydrogens is 389 g/mol. The Balaban J connectivity index is 1.53. The number of aromatic nitrogens is 2. The lowest BCUT2D eigenvalue weighted by molar-refractivity contribution is -0.141. The van der Waals surface area contributed by atoms with Gasteiger partial charge in [-0.15, -0.1) is 0 Å². The summed E-state index contributed by atoms with van der Waals surface area (Å²) in [6.07, 6.45) is -2.97. The number of carbonyl (C=O) groups is 2. The number of nitrogens with zero attached hydrogens (tertiary/aromatic N) is 3. The zero-order valence-electron chi connectivity index (χ0n) is 15.4. The van der Waals surface area contributed by atoms with Gasteiger partial charge >= 0.3 is 12.2 Å². The van der Waals surface area contributed by atoms with E-state index in [0.29, 0.717) is 24.9 Å². The Morgan fingerprint density at radius 2 is 1.97 bits per heavy atom. The van der Waals surface area contributed by atoms with Crippen LogP contribution in [0.3, 0.4) is 0 Å². The lowest BCUT2D eigenvalue weighted by Crippen LogP contribution is -2.48. The first kappa shape index (κ1) is 20.6. The van der Waals surface area contributed by atoms with Crippen molar-refractivity contribution >= 4 is 11.8 Å². The van der Waals surface area contributed by atoms with E-state index >= 15 is 0 Å². The zero-order valence-corrected chi connectivity index (χ0v) is 15.4. The number of piperidine rings is 1. The van der Waals surface area contributed by atoms with Gasteiger partial charge in [0.15, 0.2) is 5.69 Å². The summed E-state index contributed by atoms with van der Waals surface area (Å²) >= 11 is 0. The Morgan fingerprint density at radius 3 is 2.69 bits per heavy atom. The summed E-state index contributed by atoms with van der Waals surface area (Å²) < 4.78 is 43.7. The molecule has 2 amide bonds. The number of nitrogens with one attached hydrogen (secondary N) is 1. The number of likely N-dealkylation sites (tertiary alicyclic amines) is 1. The fourth-order valence-electron chi connectivity index (χ4n) is 2.92. The Hall–Kier alpha value is -3.17. The van der Waals surface area contributed by atoms with E-state index < -0.39 is 18.0 Å². The number of carbonyl (C=O) groups excluding carboxylic acids is 2. The Labute approximate surface area is 164 Å². The van der Waals surface area contributed by atoms with E-state index in [1.165, 1.54) is 4.90 Å². The summed E-state index contributed by atoms with van der Waals surface area (Å²) in [7, 11) is 0. The lowest BCUT2D eigenvalue weighted by Gasteiger charge is -2.32. The van der Waals surface area contributed by atoms with Gasteiger partial charge in [0.25, 0.3) is 5.91 Å². The molecule has 2 aromatic rings. The molecule has 10 heteroatoms. The van der Waals surface area contributed by atoms with E-state index in [2.05, 4.69) is 15.3 Å². The quantitative estimate of drug-likeness (QED) is 0.821. The SMILES string of the molecule is O=C(NCC(=O)N1CCCC(Oc2nccc(C(F)(F)F)n2)C1)c1ccccc1. The molecule has 29 heavy (non-hydrogen) atoms. The van der Waals surface area contributed by atoms with E-state index in [4.69, 9.17) is 4.74 Å². The van der Waals surface area contributed by atoms with Gasteiger partial charge in [0.1, 0.15) is 6.10 Å². The first-order valence-electron chi connectivity index (χ1n) is 9.01. The largest absolute Gasteiger partial charge is 0.458 e. The Kier molecular flexibility index (Phi) is 6.30. The van der Waals surface area contributed by atoms with Crippen LogP contribution in [-0.2, 0) is 11.0 Å². The van der Waals surface area contributed by atoms with Crippen molar-refractivity contribution in [3.05, 3.63) is 53.9 Å². The molecule has 0 aliphatic carbocycles. The van der Waals surface area contributed by atoms with Crippen LogP contribution in [0.5, 0.6) is 6.01 Å². The Morgan fingerprint density at radius 1 is 1.21 bits per heavy atom. The van der Waals surface area contributed by atoms with Crippen molar-refractivity contribution in [1.82, 2.24) is 20.2 Å². The van der Waals surface area contributed by atoms with Gasteiger partial charge in [-0.3, -0.25) is 9.59 Å². The number of rotatable bonds is 5. The molecule has 1 aliphatic heterocycles. The van der Waals surface area contributed by atoms with E-state index in [0.717, 1.165) is 12.3 Å². The molecule has 3 rings (SSSR count). The van der Waals surface area contributed by atoms with E-state index in [1.54, 1.807) is 30.3 Å². The highest BCUT2D eigenvalue weighted by Gasteiger charge is 2.33. The van der Waals surface area contributed by atoms with Crippen LogP contribution in [-0.4, -0.2) is 52.4 Å². The number of halogens is 3. The molecule has 1 aromatic heterocycles. The highest BCUT2D eigenvalue weighted by Crippen LogP contribution is 2.28. The second-order valence-corrected chi connectivity index (χ2v) is 6.49. The van der Waals surface area contributed by atoms with E-state index in [9.17, 15) is 22.8 Å². The number of ether oxygens (including phenoxy) is 1. The van der Waals surface area contributed by atoms with Crippen LogP contribution in [0.15, 0.2) is 42.6 Å². The van der Waals surface area contributed by atoms with Gasteiger partial charge in [0.05, 0.1) is 13.1 Å². The molecule has 2 heterocycles. The number of alkyl halides is 3. The van der Waals surface area contributed by atoms with E-state index in [-0.39, 0.29) is 30.9 Å². The van der Waals surface area contributed by atoms with E-state index in [1.807, 2.05) is 0 Å². The smallest absolute Gasteiger partial charge is 0.433 e. The number of amides is 2. The molecule has 0 saturated carbocycles. The van der Waals surface area contributed by atoms with Gasteiger partial charge in [-0.2, -0.15) is 18.2 Å². The Bertz CT molecular complexity index is 861. The third-order valence-electron chi connectivity index (χ3n) is 4.36. The van der Waals surface area contributed by atoms with Gasteiger partial charge in [-0.1, -0.05) is 18.2 Å². The van der Waals surface area contributed by atoms with Crippen LogP contribution < -0.4 is 10.1 Å². The summed E-state index contributed by atoms with van der Waals surface area (Å²) in [5.74, 6) is -0.659. The minimum Gasteiger partial charge on any atom is -0.458 e. The van der Waals surface area contributed by atoms with Crippen molar-refractivity contribution in [3.63, 3.8) is 0 Å². The van der Waals surface area contributed by atoms with Crippen LogP contribution in [0, 0.1) is 0 Å². The minimum atomic E-state index is -4.59. The van der Waals surface area contributed by atoms with Crippen LogP contribution in [0.25, 0.3) is 0 Å². The van der Waals surface area contributed by atoms with Gasteiger partial charge in [-0.25, -0.2) is 4.98 Å². The predicted molar refractivity (Wildman–Crippen MR) is 96.0 cm³/mol. The molecule has 0 bridgehead atoms. The molecule has 1 fully saturated rings. The molecule has 154 valence electrons. The zero-order chi connectivity index (χ0) is 20.9. The molecule has 1 saturated heterocycles. The third-order valence-corrected chi connectivity index (χ3v) is 4.36. The number of hydrogen-bond acceptors (Lipinski definition) is 5. The second-order valence-electron chi connectivity index (χ2n) is 6.49. The van der Waals surface area contributed by atoms with Gasteiger partial charge in [0.2, 0.25) is 5.91 Å². The van der Waals surface area contributed by atoms with Crippen LogP contribution in [0.2, 0.25) is 0 Å². The maximum atomic E-state index is 12.8. The minimum absolute atomic E-state index is 0.180. The standard InChI is InChI=1S/C19H19F3N4O3/c20-19(21,22)15-8-9-23-18(25-15)29-14-7-4-10-26(12-14)16(27)11-24-17(28)13-5-2-1-3-6-13/h1-3,5-6,8-9,14H,4,7,10-12H2,(H,24,28). The number of benzene rings is 1. The predicted octanol–water partition coefficient (Wildman–Crippen LogP) is 2.30. The average molecular weight is 408 g/mol. The fourth-order valence-corrected chi connectivity index (χ4v) is 2.92. The lowest BCUT2D eigenvalue weighted by atomic mass is 10.1. The molecule has 1 aromatic carbocycles. The van der Waals surface area contributed by atoms with Crippen LogP contribution in [0.4, 0.5) is 13.2 Å².